The largest absolute Gasteiger partial charge is 0.349 e. The fourth-order valence-corrected chi connectivity index (χ4v) is 1.49. The maximum absolute atomic E-state index is 11.6. The second-order valence-electron chi connectivity index (χ2n) is 3.73. The molecule has 0 aliphatic rings. The summed E-state index contributed by atoms with van der Waals surface area (Å²) < 4.78 is 1.51. The first-order chi connectivity index (χ1) is 8.25. The highest BCUT2D eigenvalue weighted by Crippen LogP contribution is 1.98. The number of benzene rings is 1. The highest BCUT2D eigenvalue weighted by Gasteiger charge is 2.09. The SMILES string of the molecule is Cn1cnc(C(=O)NCCc2ccccc2)n1. The summed E-state index contributed by atoms with van der Waals surface area (Å²) in [7, 11) is 1.73. The summed E-state index contributed by atoms with van der Waals surface area (Å²) in [6.45, 7) is 0.584. The molecule has 0 unspecified atom stereocenters. The molecular weight excluding hydrogens is 216 g/mol. The topological polar surface area (TPSA) is 59.8 Å². The molecule has 2 aromatic rings. The first-order valence-electron chi connectivity index (χ1n) is 5.43. The molecule has 1 amide bonds. The Morgan fingerprint density at radius 3 is 2.76 bits per heavy atom. The van der Waals surface area contributed by atoms with E-state index in [4.69, 9.17) is 0 Å². The molecule has 5 nitrogen and oxygen atoms in total. The average molecular weight is 230 g/mol. The van der Waals surface area contributed by atoms with E-state index in [0.29, 0.717) is 6.54 Å². The van der Waals surface area contributed by atoms with Crippen LogP contribution in [0.1, 0.15) is 16.2 Å². The number of nitrogens with zero attached hydrogens (tertiary/aromatic N) is 3. The van der Waals surface area contributed by atoms with Gasteiger partial charge in [-0.15, -0.1) is 5.10 Å². The third-order valence-electron chi connectivity index (χ3n) is 2.34. The van der Waals surface area contributed by atoms with Gasteiger partial charge in [-0.25, -0.2) is 4.98 Å². The highest BCUT2D eigenvalue weighted by atomic mass is 16.2. The summed E-state index contributed by atoms with van der Waals surface area (Å²) in [5.74, 6) is -0.0258. The number of hydrogen-bond donors (Lipinski definition) is 1. The average Bonchev–Trinajstić information content (AvgIpc) is 2.77. The standard InChI is InChI=1S/C12H14N4O/c1-16-9-14-11(15-16)12(17)13-8-7-10-5-3-2-4-6-10/h2-6,9H,7-8H2,1H3,(H,13,17). The highest BCUT2D eigenvalue weighted by molar-refractivity contribution is 5.90. The fraction of sp³-hybridized carbons (Fsp3) is 0.250. The van der Waals surface area contributed by atoms with Crippen molar-refractivity contribution >= 4 is 5.91 Å². The summed E-state index contributed by atoms with van der Waals surface area (Å²) >= 11 is 0. The van der Waals surface area contributed by atoms with Crippen molar-refractivity contribution in [2.75, 3.05) is 6.54 Å². The molecule has 0 fully saturated rings. The zero-order valence-corrected chi connectivity index (χ0v) is 9.63. The minimum absolute atomic E-state index is 0.209. The second-order valence-corrected chi connectivity index (χ2v) is 3.73. The first-order valence-corrected chi connectivity index (χ1v) is 5.43. The molecule has 0 radical (unpaired) electrons. The van der Waals surface area contributed by atoms with Crippen molar-refractivity contribution < 1.29 is 4.79 Å². The number of rotatable bonds is 4. The molecule has 2 rings (SSSR count). The molecule has 17 heavy (non-hydrogen) atoms. The van der Waals surface area contributed by atoms with Crippen LogP contribution < -0.4 is 5.32 Å². The Morgan fingerprint density at radius 2 is 2.12 bits per heavy atom. The van der Waals surface area contributed by atoms with Crippen molar-refractivity contribution in [3.8, 4) is 0 Å². The Labute approximate surface area is 99.5 Å². The van der Waals surface area contributed by atoms with Crippen LogP contribution in [0.15, 0.2) is 36.7 Å². The fourth-order valence-electron chi connectivity index (χ4n) is 1.49. The molecule has 0 bridgehead atoms. The quantitative estimate of drug-likeness (QED) is 0.844. The van der Waals surface area contributed by atoms with Crippen LogP contribution in [0, 0.1) is 0 Å². The number of hydrogen-bond acceptors (Lipinski definition) is 3. The lowest BCUT2D eigenvalue weighted by molar-refractivity contribution is 0.0943. The number of nitrogens with one attached hydrogen (secondary N) is 1. The number of carbonyl (C=O) groups excluding carboxylic acids is 1. The molecular formula is C12H14N4O. The van der Waals surface area contributed by atoms with Crippen LogP contribution in [-0.4, -0.2) is 27.2 Å². The van der Waals surface area contributed by atoms with Gasteiger partial charge < -0.3 is 5.32 Å². The van der Waals surface area contributed by atoms with Crippen molar-refractivity contribution in [1.29, 1.82) is 0 Å². The van der Waals surface area contributed by atoms with E-state index in [1.54, 1.807) is 7.05 Å². The van der Waals surface area contributed by atoms with E-state index in [0.717, 1.165) is 6.42 Å². The van der Waals surface area contributed by atoms with E-state index in [1.807, 2.05) is 30.3 Å². The van der Waals surface area contributed by atoms with Crippen LogP contribution in [0.2, 0.25) is 0 Å². The van der Waals surface area contributed by atoms with Gasteiger partial charge >= 0.3 is 0 Å². The molecule has 1 heterocycles. The molecule has 0 aliphatic heterocycles. The minimum atomic E-state index is -0.235. The third-order valence-corrected chi connectivity index (χ3v) is 2.34. The van der Waals surface area contributed by atoms with E-state index >= 15 is 0 Å². The minimum Gasteiger partial charge on any atom is -0.349 e. The predicted molar refractivity (Wildman–Crippen MR) is 63.5 cm³/mol. The van der Waals surface area contributed by atoms with Crippen molar-refractivity contribution in [3.05, 3.63) is 48.0 Å². The zero-order valence-electron chi connectivity index (χ0n) is 9.63. The number of aromatic nitrogens is 3. The first kappa shape index (κ1) is 11.3. The van der Waals surface area contributed by atoms with Gasteiger partial charge in [0.1, 0.15) is 6.33 Å². The molecule has 0 atom stereocenters. The van der Waals surface area contributed by atoms with Gasteiger partial charge in [0.2, 0.25) is 5.82 Å². The van der Waals surface area contributed by atoms with Crippen molar-refractivity contribution in [2.24, 2.45) is 7.05 Å². The van der Waals surface area contributed by atoms with E-state index in [2.05, 4.69) is 15.4 Å². The molecule has 88 valence electrons. The summed E-state index contributed by atoms with van der Waals surface area (Å²) in [6.07, 6.45) is 2.31. The molecule has 0 spiro atoms. The van der Waals surface area contributed by atoms with Gasteiger partial charge in [0.25, 0.3) is 5.91 Å². The Hall–Kier alpha value is -2.17. The molecule has 0 saturated heterocycles. The van der Waals surface area contributed by atoms with E-state index < -0.39 is 0 Å². The molecule has 0 aliphatic carbocycles. The molecule has 0 saturated carbocycles. The second kappa shape index (κ2) is 5.25. The number of aryl methyl sites for hydroxylation is 1. The van der Waals surface area contributed by atoms with Crippen LogP contribution in [0.25, 0.3) is 0 Å². The zero-order chi connectivity index (χ0) is 12.1. The Kier molecular flexibility index (Phi) is 3.49. The normalized spacial score (nSPS) is 10.2. The third kappa shape index (κ3) is 3.14. The lowest BCUT2D eigenvalue weighted by atomic mass is 10.1. The monoisotopic (exact) mass is 230 g/mol. The lowest BCUT2D eigenvalue weighted by Crippen LogP contribution is -2.26. The smallest absolute Gasteiger partial charge is 0.290 e. The number of carbonyl (C=O) groups is 1. The Bertz CT molecular complexity index is 492. The van der Waals surface area contributed by atoms with Gasteiger partial charge in [-0.2, -0.15) is 0 Å². The molecule has 1 aromatic carbocycles. The van der Waals surface area contributed by atoms with Gasteiger partial charge in [0, 0.05) is 13.6 Å². The summed E-state index contributed by atoms with van der Waals surface area (Å²) in [5.41, 5.74) is 1.20. The van der Waals surface area contributed by atoms with E-state index in [-0.39, 0.29) is 11.7 Å². The molecule has 1 N–H and O–H groups in total. The summed E-state index contributed by atoms with van der Waals surface area (Å²) in [4.78, 5) is 15.5. The summed E-state index contributed by atoms with van der Waals surface area (Å²) in [5, 5.41) is 6.71. The van der Waals surface area contributed by atoms with Crippen LogP contribution in [0.4, 0.5) is 0 Å². The van der Waals surface area contributed by atoms with Crippen LogP contribution in [0.3, 0.4) is 0 Å². The van der Waals surface area contributed by atoms with Gasteiger partial charge in [-0.3, -0.25) is 9.48 Å². The van der Waals surface area contributed by atoms with Crippen molar-refractivity contribution in [2.45, 2.75) is 6.42 Å². The predicted octanol–water partition coefficient (Wildman–Crippen LogP) is 0.788. The Morgan fingerprint density at radius 1 is 1.35 bits per heavy atom. The maximum atomic E-state index is 11.6. The van der Waals surface area contributed by atoms with Crippen LogP contribution >= 0.6 is 0 Å². The lowest BCUT2D eigenvalue weighted by Gasteiger charge is -2.02. The summed E-state index contributed by atoms with van der Waals surface area (Å²) in [6, 6.07) is 10.0. The number of amides is 1. The van der Waals surface area contributed by atoms with E-state index in [9.17, 15) is 4.79 Å². The van der Waals surface area contributed by atoms with Gasteiger partial charge in [0.15, 0.2) is 0 Å². The Balaban J connectivity index is 1.81. The van der Waals surface area contributed by atoms with Gasteiger partial charge in [-0.05, 0) is 12.0 Å². The van der Waals surface area contributed by atoms with Gasteiger partial charge in [-0.1, -0.05) is 30.3 Å². The molecule has 1 aromatic heterocycles. The van der Waals surface area contributed by atoms with E-state index in [1.165, 1.54) is 16.6 Å². The van der Waals surface area contributed by atoms with Gasteiger partial charge in [0.05, 0.1) is 0 Å². The van der Waals surface area contributed by atoms with Crippen molar-refractivity contribution in [1.82, 2.24) is 20.1 Å². The maximum Gasteiger partial charge on any atom is 0.290 e. The van der Waals surface area contributed by atoms with Crippen LogP contribution in [0.5, 0.6) is 0 Å². The van der Waals surface area contributed by atoms with Crippen LogP contribution in [-0.2, 0) is 13.5 Å². The molecule has 5 heteroatoms. The van der Waals surface area contributed by atoms with Crippen molar-refractivity contribution in [3.63, 3.8) is 0 Å².